The highest BCUT2D eigenvalue weighted by atomic mass is 16.5. The van der Waals surface area contributed by atoms with E-state index in [9.17, 15) is 0 Å². The third kappa shape index (κ3) is 5.53. The fraction of sp³-hybridized carbons (Fsp3) is 0. The Hall–Kier alpha value is -8.40. The predicted octanol–water partition coefficient (Wildman–Crippen LogP) is 17.4. The molecule has 0 unspecified atom stereocenters. The number of rotatable bonds is 3. The Labute approximate surface area is 363 Å². The number of fused-ring (bicyclic) bond motifs is 19. The van der Waals surface area contributed by atoms with Crippen LogP contribution in [0, 0.1) is 0 Å². The zero-order chi connectivity index (χ0) is 41.4. The quantitative estimate of drug-likeness (QED) is 0.178. The van der Waals surface area contributed by atoms with Gasteiger partial charge in [-0.3, -0.25) is 0 Å². The van der Waals surface area contributed by atoms with E-state index in [1.165, 1.54) is 21.5 Å². The van der Waals surface area contributed by atoms with Crippen LogP contribution in [0.25, 0.3) is 98.1 Å². The predicted molar refractivity (Wildman–Crippen MR) is 265 cm³/mol. The van der Waals surface area contributed by atoms with Crippen LogP contribution >= 0.6 is 0 Å². The lowest BCUT2D eigenvalue weighted by Gasteiger charge is -2.27. The Balaban J connectivity index is 1.18. The first-order valence-corrected chi connectivity index (χ1v) is 21.5. The van der Waals surface area contributed by atoms with E-state index in [-0.39, 0.29) is 0 Å². The summed E-state index contributed by atoms with van der Waals surface area (Å²) >= 11 is 0. The largest absolute Gasteiger partial charge is 0.456 e. The zero-order valence-corrected chi connectivity index (χ0v) is 34.1. The van der Waals surface area contributed by atoms with Crippen molar-refractivity contribution in [3.63, 3.8) is 0 Å². The minimum atomic E-state index is 0.843. The van der Waals surface area contributed by atoms with Gasteiger partial charge in [-0.15, -0.1) is 0 Å². The first-order valence-electron chi connectivity index (χ1n) is 21.5. The Bertz CT molecular complexity index is 3900. The summed E-state index contributed by atoms with van der Waals surface area (Å²) in [5, 5.41) is 13.7. The second-order valence-electron chi connectivity index (χ2n) is 16.3. The molecule has 0 saturated heterocycles. The average molecular weight is 804 g/mol. The lowest BCUT2D eigenvalue weighted by atomic mass is 9.93. The van der Waals surface area contributed by atoms with Crippen LogP contribution in [0.1, 0.15) is 0 Å². The Morgan fingerprint density at radius 1 is 0.270 bits per heavy atom. The van der Waals surface area contributed by atoms with Crippen LogP contribution < -0.4 is 9.64 Å². The molecule has 12 aromatic rings. The summed E-state index contributed by atoms with van der Waals surface area (Å²) in [6.45, 7) is 0. The Morgan fingerprint density at radius 2 is 0.730 bits per heavy atom. The van der Waals surface area contributed by atoms with Crippen molar-refractivity contribution in [1.29, 1.82) is 0 Å². The summed E-state index contributed by atoms with van der Waals surface area (Å²) < 4.78 is 13.5. The topological polar surface area (TPSA) is 25.6 Å². The summed E-state index contributed by atoms with van der Waals surface area (Å²) in [4.78, 5) is 2.38. The van der Waals surface area contributed by atoms with E-state index in [0.717, 1.165) is 105 Å². The van der Waals surface area contributed by atoms with Crippen molar-refractivity contribution in [1.82, 2.24) is 0 Å². The maximum Gasteiger partial charge on any atom is 0.143 e. The van der Waals surface area contributed by atoms with E-state index in [1.54, 1.807) is 0 Å². The first-order chi connectivity index (χ1) is 31.3. The van der Waals surface area contributed by atoms with Crippen LogP contribution in [0.3, 0.4) is 0 Å². The van der Waals surface area contributed by atoms with Gasteiger partial charge in [-0.05, 0) is 120 Å². The lowest BCUT2D eigenvalue weighted by Crippen LogP contribution is -2.10. The molecule has 11 aromatic carbocycles. The molecule has 0 radical (unpaired) electrons. The maximum absolute atomic E-state index is 6.91. The monoisotopic (exact) mass is 803 g/mol. The highest BCUT2D eigenvalue weighted by Crippen LogP contribution is 2.49. The van der Waals surface area contributed by atoms with E-state index in [1.807, 2.05) is 12.1 Å². The molecule has 3 nitrogen and oxygen atoms in total. The van der Waals surface area contributed by atoms with Gasteiger partial charge in [0.2, 0.25) is 0 Å². The van der Waals surface area contributed by atoms with Gasteiger partial charge in [0.1, 0.15) is 22.7 Å². The van der Waals surface area contributed by atoms with Crippen LogP contribution in [0.2, 0.25) is 0 Å². The molecule has 0 aliphatic carbocycles. The number of benzene rings is 10. The summed E-state index contributed by atoms with van der Waals surface area (Å²) in [7, 11) is 0. The third-order valence-corrected chi connectivity index (χ3v) is 12.9. The number of anilines is 3. The number of furan rings is 1. The molecular weight excluding hydrogens is 767 g/mol. The summed E-state index contributed by atoms with van der Waals surface area (Å²) in [5.74, 6) is 1.70. The molecule has 0 spiro atoms. The molecule has 0 atom stereocenters. The number of ether oxygens (including phenoxy) is 1. The van der Waals surface area contributed by atoms with Gasteiger partial charge in [0.05, 0.1) is 0 Å². The zero-order valence-electron chi connectivity index (χ0n) is 34.1. The first kappa shape index (κ1) is 35.4. The normalized spacial score (nSPS) is 11.9. The van der Waals surface area contributed by atoms with Gasteiger partial charge >= 0.3 is 0 Å². The summed E-state index contributed by atoms with van der Waals surface area (Å²) in [6.07, 6.45) is 0. The molecule has 2 heterocycles. The smallest absolute Gasteiger partial charge is 0.143 e. The molecule has 0 amide bonds. The molecule has 3 heteroatoms. The molecule has 1 aromatic heterocycles. The minimum Gasteiger partial charge on any atom is -0.456 e. The number of nitrogens with zero attached hydrogens (tertiary/aromatic N) is 1. The molecular formula is C60H37NO2. The molecule has 294 valence electrons. The van der Waals surface area contributed by atoms with Gasteiger partial charge in [0, 0.05) is 44.3 Å². The molecule has 0 saturated carbocycles. The van der Waals surface area contributed by atoms with Gasteiger partial charge in [-0.1, -0.05) is 164 Å². The van der Waals surface area contributed by atoms with Crippen molar-refractivity contribution < 1.29 is 9.15 Å². The van der Waals surface area contributed by atoms with Gasteiger partial charge in [0.15, 0.2) is 0 Å². The minimum absolute atomic E-state index is 0.843. The average Bonchev–Trinajstić information content (AvgIpc) is 3.66. The summed E-state index contributed by atoms with van der Waals surface area (Å²) in [5.41, 5.74) is 9.33. The van der Waals surface area contributed by atoms with E-state index < -0.39 is 0 Å². The highest BCUT2D eigenvalue weighted by molar-refractivity contribution is 6.31. The van der Waals surface area contributed by atoms with E-state index in [0.29, 0.717) is 0 Å². The van der Waals surface area contributed by atoms with Gasteiger partial charge in [-0.2, -0.15) is 0 Å². The SMILES string of the molecule is c1ccc(N(c2ccc3c(c2)-c2ccccc2Oc2ccccc2-3)c2ccc3c(c2)c2ccccc2c2ccccc2c2ccccc2c2c3ccc3c4ccccc4oc32)cc1. The molecule has 0 N–H and O–H groups in total. The van der Waals surface area contributed by atoms with Crippen molar-refractivity contribution in [3.05, 3.63) is 224 Å². The van der Waals surface area contributed by atoms with Crippen molar-refractivity contribution in [2.24, 2.45) is 0 Å². The van der Waals surface area contributed by atoms with Crippen LogP contribution in [-0.4, -0.2) is 0 Å². The second-order valence-corrected chi connectivity index (χ2v) is 16.3. The van der Waals surface area contributed by atoms with Crippen LogP contribution in [-0.2, 0) is 0 Å². The number of hydrogen-bond donors (Lipinski definition) is 0. The number of hydrogen-bond acceptors (Lipinski definition) is 3. The molecule has 1 aliphatic heterocycles. The van der Waals surface area contributed by atoms with Crippen molar-refractivity contribution in [2.75, 3.05) is 4.90 Å². The molecule has 1 aliphatic rings. The molecule has 63 heavy (non-hydrogen) atoms. The van der Waals surface area contributed by atoms with Crippen molar-refractivity contribution in [3.8, 4) is 33.8 Å². The molecule has 0 bridgehead atoms. The summed E-state index contributed by atoms with van der Waals surface area (Å²) in [6, 6.07) is 80.7. The van der Waals surface area contributed by atoms with E-state index in [4.69, 9.17) is 9.15 Å². The van der Waals surface area contributed by atoms with Gasteiger partial charge < -0.3 is 14.1 Å². The van der Waals surface area contributed by atoms with Crippen LogP contribution in [0.5, 0.6) is 11.5 Å². The lowest BCUT2D eigenvalue weighted by molar-refractivity contribution is 0.488. The maximum atomic E-state index is 6.91. The van der Waals surface area contributed by atoms with Crippen molar-refractivity contribution in [2.45, 2.75) is 0 Å². The molecule has 0 fully saturated rings. The fourth-order valence-corrected chi connectivity index (χ4v) is 10.1. The number of para-hydroxylation sites is 4. The van der Waals surface area contributed by atoms with E-state index in [2.05, 4.69) is 217 Å². The van der Waals surface area contributed by atoms with Crippen molar-refractivity contribution >= 4 is 92.9 Å². The second kappa shape index (κ2) is 14.1. The van der Waals surface area contributed by atoms with Crippen LogP contribution in [0.15, 0.2) is 229 Å². The van der Waals surface area contributed by atoms with Gasteiger partial charge in [0.25, 0.3) is 0 Å². The highest BCUT2D eigenvalue weighted by Gasteiger charge is 2.23. The standard InChI is InChI=1S/C60H37NO2/c1-2-16-38(17-3-1)61(40-30-32-46-48-23-10-13-27-56(48)62-57-28-14-12-25-50(57)55(46)37-40)39-31-33-47-52-34-35-53-49-24-11-15-29-58(49)63-60(53)59(52)51-26-9-8-21-44(51)42-19-5-4-18-41(42)43-20-6-7-22-45(43)54(47)36-39/h1-37H. The molecule has 13 rings (SSSR count). The Kier molecular flexibility index (Phi) is 7.91. The van der Waals surface area contributed by atoms with Gasteiger partial charge in [-0.25, -0.2) is 0 Å². The van der Waals surface area contributed by atoms with Crippen LogP contribution in [0.4, 0.5) is 17.1 Å². The van der Waals surface area contributed by atoms with E-state index >= 15 is 0 Å². The third-order valence-electron chi connectivity index (χ3n) is 12.9. The Morgan fingerprint density at radius 3 is 1.43 bits per heavy atom. The fourth-order valence-electron chi connectivity index (χ4n) is 10.1.